The van der Waals surface area contributed by atoms with E-state index >= 15 is 0 Å². The molecule has 1 aromatic heterocycles. The standard InChI is InChI=1S/C16H17N3O3/c1-9(10(2)20)17-15-8-14(11(3)21)18-16(19-15)12-4-6-13(22)7-5-12/h4-9,22H,1-3H3,(H,17,18,19). The molecule has 0 bridgehead atoms. The molecule has 0 spiro atoms. The number of ketones is 2. The van der Waals surface area contributed by atoms with Gasteiger partial charge in [0.25, 0.3) is 0 Å². The van der Waals surface area contributed by atoms with Crippen molar-refractivity contribution < 1.29 is 14.7 Å². The highest BCUT2D eigenvalue weighted by Gasteiger charge is 2.13. The summed E-state index contributed by atoms with van der Waals surface area (Å²) < 4.78 is 0. The largest absolute Gasteiger partial charge is 0.508 e. The third-order valence-electron chi connectivity index (χ3n) is 3.19. The van der Waals surface area contributed by atoms with Crippen LogP contribution in [0.3, 0.4) is 0 Å². The fourth-order valence-corrected chi connectivity index (χ4v) is 1.76. The van der Waals surface area contributed by atoms with Crippen LogP contribution in [0.1, 0.15) is 31.3 Å². The van der Waals surface area contributed by atoms with Crippen LogP contribution < -0.4 is 5.32 Å². The number of hydrogen-bond acceptors (Lipinski definition) is 6. The maximum atomic E-state index is 11.6. The Morgan fingerprint density at radius 1 is 1.14 bits per heavy atom. The van der Waals surface area contributed by atoms with Crippen molar-refractivity contribution in [3.8, 4) is 17.1 Å². The highest BCUT2D eigenvalue weighted by atomic mass is 16.3. The van der Waals surface area contributed by atoms with E-state index in [4.69, 9.17) is 0 Å². The average Bonchev–Trinajstić information content (AvgIpc) is 2.47. The normalized spacial score (nSPS) is 11.8. The first-order valence-corrected chi connectivity index (χ1v) is 6.83. The Balaban J connectivity index is 2.45. The first kappa shape index (κ1) is 15.6. The van der Waals surface area contributed by atoms with Gasteiger partial charge >= 0.3 is 0 Å². The van der Waals surface area contributed by atoms with E-state index in [1.54, 1.807) is 19.1 Å². The van der Waals surface area contributed by atoms with Crippen molar-refractivity contribution in [1.82, 2.24) is 9.97 Å². The lowest BCUT2D eigenvalue weighted by molar-refractivity contribution is -0.117. The Kier molecular flexibility index (Phi) is 4.50. The van der Waals surface area contributed by atoms with E-state index < -0.39 is 6.04 Å². The molecule has 0 fully saturated rings. The minimum Gasteiger partial charge on any atom is -0.508 e. The monoisotopic (exact) mass is 299 g/mol. The summed E-state index contributed by atoms with van der Waals surface area (Å²) in [6.45, 7) is 4.62. The molecule has 0 radical (unpaired) electrons. The molecular formula is C16H17N3O3. The van der Waals surface area contributed by atoms with Crippen LogP contribution in [0.2, 0.25) is 0 Å². The summed E-state index contributed by atoms with van der Waals surface area (Å²) in [5.74, 6) is 0.669. The van der Waals surface area contributed by atoms with Gasteiger partial charge in [0.1, 0.15) is 17.3 Å². The molecule has 0 saturated carbocycles. The van der Waals surface area contributed by atoms with Gasteiger partial charge < -0.3 is 10.4 Å². The molecule has 2 N–H and O–H groups in total. The van der Waals surface area contributed by atoms with Gasteiger partial charge in [0.05, 0.1) is 6.04 Å². The van der Waals surface area contributed by atoms with Gasteiger partial charge in [-0.2, -0.15) is 0 Å². The molecule has 1 heterocycles. The van der Waals surface area contributed by atoms with E-state index in [1.165, 1.54) is 32.0 Å². The SMILES string of the molecule is CC(=O)c1cc(NC(C)C(C)=O)nc(-c2ccc(O)cc2)n1. The second-order valence-corrected chi connectivity index (χ2v) is 5.04. The van der Waals surface area contributed by atoms with E-state index in [0.717, 1.165) is 0 Å². The summed E-state index contributed by atoms with van der Waals surface area (Å²) in [4.78, 5) is 31.5. The Morgan fingerprint density at radius 2 is 1.77 bits per heavy atom. The van der Waals surface area contributed by atoms with Crippen LogP contribution in [-0.4, -0.2) is 32.7 Å². The first-order chi connectivity index (χ1) is 10.4. The van der Waals surface area contributed by atoms with E-state index in [2.05, 4.69) is 15.3 Å². The van der Waals surface area contributed by atoms with Crippen LogP contribution in [0.25, 0.3) is 11.4 Å². The lowest BCUT2D eigenvalue weighted by Gasteiger charge is -2.13. The minimum absolute atomic E-state index is 0.0332. The molecule has 2 rings (SSSR count). The van der Waals surface area contributed by atoms with Crippen molar-refractivity contribution in [2.24, 2.45) is 0 Å². The zero-order valence-corrected chi connectivity index (χ0v) is 12.6. The number of phenolic OH excluding ortho intramolecular Hbond substituents is 1. The van der Waals surface area contributed by atoms with Gasteiger partial charge in [-0.05, 0) is 38.1 Å². The van der Waals surface area contributed by atoms with Crippen molar-refractivity contribution in [2.75, 3.05) is 5.32 Å². The molecule has 114 valence electrons. The van der Waals surface area contributed by atoms with E-state index in [9.17, 15) is 14.7 Å². The van der Waals surface area contributed by atoms with Gasteiger partial charge in [-0.1, -0.05) is 0 Å². The third kappa shape index (κ3) is 3.66. The molecule has 0 aliphatic heterocycles. The highest BCUT2D eigenvalue weighted by Crippen LogP contribution is 2.21. The number of nitrogens with zero attached hydrogens (tertiary/aromatic N) is 2. The maximum absolute atomic E-state index is 11.6. The molecule has 6 heteroatoms. The second kappa shape index (κ2) is 6.34. The number of carbonyl (C=O) groups excluding carboxylic acids is 2. The van der Waals surface area contributed by atoms with Crippen LogP contribution >= 0.6 is 0 Å². The van der Waals surface area contributed by atoms with E-state index in [-0.39, 0.29) is 23.0 Å². The zero-order chi connectivity index (χ0) is 16.3. The van der Waals surface area contributed by atoms with Crippen molar-refractivity contribution in [2.45, 2.75) is 26.8 Å². The molecule has 2 aromatic rings. The number of hydrogen-bond donors (Lipinski definition) is 2. The number of anilines is 1. The second-order valence-electron chi connectivity index (χ2n) is 5.04. The third-order valence-corrected chi connectivity index (χ3v) is 3.19. The number of phenols is 1. The number of nitrogens with one attached hydrogen (secondary N) is 1. The van der Waals surface area contributed by atoms with Crippen LogP contribution in [0.15, 0.2) is 30.3 Å². The summed E-state index contributed by atoms with van der Waals surface area (Å²) in [5, 5.41) is 12.3. The molecular weight excluding hydrogens is 282 g/mol. The maximum Gasteiger partial charge on any atom is 0.178 e. The molecule has 1 unspecified atom stereocenters. The molecule has 0 saturated heterocycles. The number of benzene rings is 1. The molecule has 1 atom stereocenters. The van der Waals surface area contributed by atoms with Crippen LogP contribution in [0.4, 0.5) is 5.82 Å². The summed E-state index contributed by atoms with van der Waals surface area (Å²) >= 11 is 0. The number of aromatic nitrogens is 2. The summed E-state index contributed by atoms with van der Waals surface area (Å²) in [6, 6.07) is 7.46. The predicted octanol–water partition coefficient (Wildman–Crippen LogP) is 2.44. The van der Waals surface area contributed by atoms with Crippen LogP contribution in [-0.2, 0) is 4.79 Å². The van der Waals surface area contributed by atoms with Crippen LogP contribution in [0, 0.1) is 0 Å². The van der Waals surface area contributed by atoms with Crippen molar-refractivity contribution in [3.63, 3.8) is 0 Å². The molecule has 22 heavy (non-hydrogen) atoms. The number of rotatable bonds is 5. The Morgan fingerprint density at radius 3 is 2.32 bits per heavy atom. The van der Waals surface area contributed by atoms with Gasteiger partial charge in [-0.3, -0.25) is 9.59 Å². The lowest BCUT2D eigenvalue weighted by atomic mass is 10.2. The Labute approximate surface area is 128 Å². The number of aromatic hydroxyl groups is 1. The van der Waals surface area contributed by atoms with Crippen molar-refractivity contribution in [1.29, 1.82) is 0 Å². The quantitative estimate of drug-likeness (QED) is 0.824. The Bertz CT molecular complexity index is 711. The molecule has 0 amide bonds. The smallest absolute Gasteiger partial charge is 0.178 e. The molecule has 6 nitrogen and oxygen atoms in total. The van der Waals surface area contributed by atoms with Crippen LogP contribution in [0.5, 0.6) is 5.75 Å². The predicted molar refractivity (Wildman–Crippen MR) is 82.9 cm³/mol. The van der Waals surface area contributed by atoms with E-state index in [1.807, 2.05) is 0 Å². The van der Waals surface area contributed by atoms with Gasteiger partial charge in [-0.25, -0.2) is 9.97 Å². The molecule has 0 aliphatic carbocycles. The fourth-order valence-electron chi connectivity index (χ4n) is 1.76. The van der Waals surface area contributed by atoms with Gasteiger partial charge in [-0.15, -0.1) is 0 Å². The minimum atomic E-state index is -0.414. The average molecular weight is 299 g/mol. The molecule has 0 aliphatic rings. The Hall–Kier alpha value is -2.76. The van der Waals surface area contributed by atoms with Crippen molar-refractivity contribution >= 4 is 17.4 Å². The van der Waals surface area contributed by atoms with Gasteiger partial charge in [0.2, 0.25) is 0 Å². The summed E-state index contributed by atoms with van der Waals surface area (Å²) in [6.07, 6.45) is 0. The summed E-state index contributed by atoms with van der Waals surface area (Å²) in [5.41, 5.74) is 0.927. The zero-order valence-electron chi connectivity index (χ0n) is 12.6. The lowest BCUT2D eigenvalue weighted by Crippen LogP contribution is -2.24. The molecule has 1 aromatic carbocycles. The number of Topliss-reactive ketones (excluding diaryl/α,β-unsaturated/α-hetero) is 2. The first-order valence-electron chi connectivity index (χ1n) is 6.83. The summed E-state index contributed by atoms with van der Waals surface area (Å²) in [7, 11) is 0. The van der Waals surface area contributed by atoms with Crippen molar-refractivity contribution in [3.05, 3.63) is 36.0 Å². The number of carbonyl (C=O) groups is 2. The highest BCUT2D eigenvalue weighted by molar-refractivity contribution is 5.93. The topological polar surface area (TPSA) is 92.2 Å². The van der Waals surface area contributed by atoms with E-state index in [0.29, 0.717) is 17.2 Å². The van der Waals surface area contributed by atoms with Gasteiger partial charge in [0, 0.05) is 18.6 Å². The van der Waals surface area contributed by atoms with Gasteiger partial charge in [0.15, 0.2) is 17.4 Å². The fraction of sp³-hybridized carbons (Fsp3) is 0.250.